The maximum atomic E-state index is 6.04. The summed E-state index contributed by atoms with van der Waals surface area (Å²) in [7, 11) is 0. The molecular formula is C18H21ClO. The van der Waals surface area contributed by atoms with Crippen molar-refractivity contribution in [1.29, 1.82) is 0 Å². The first kappa shape index (κ1) is 14.9. The minimum absolute atomic E-state index is 0.523. The van der Waals surface area contributed by atoms with Gasteiger partial charge in [-0.15, -0.1) is 11.6 Å². The van der Waals surface area contributed by atoms with Crippen LogP contribution in [0.1, 0.15) is 36.1 Å². The fourth-order valence-corrected chi connectivity index (χ4v) is 2.49. The molecule has 1 nitrogen and oxygen atoms in total. The number of rotatable bonds is 6. The van der Waals surface area contributed by atoms with E-state index in [-0.39, 0.29) is 0 Å². The van der Waals surface area contributed by atoms with Gasteiger partial charge in [0.2, 0.25) is 0 Å². The van der Waals surface area contributed by atoms with Crippen molar-refractivity contribution >= 4 is 11.6 Å². The van der Waals surface area contributed by atoms with E-state index in [2.05, 4.69) is 44.2 Å². The van der Waals surface area contributed by atoms with Crippen LogP contribution < -0.4 is 4.74 Å². The Balaban J connectivity index is 2.17. The van der Waals surface area contributed by atoms with Crippen molar-refractivity contribution in [1.82, 2.24) is 0 Å². The Morgan fingerprint density at radius 1 is 0.900 bits per heavy atom. The van der Waals surface area contributed by atoms with E-state index >= 15 is 0 Å². The summed E-state index contributed by atoms with van der Waals surface area (Å²) < 4.78 is 6.04. The molecule has 106 valence electrons. The average Bonchev–Trinajstić information content (AvgIpc) is 2.52. The molecule has 0 saturated heterocycles. The molecule has 0 unspecified atom stereocenters. The molecule has 0 aliphatic heterocycles. The number of benzene rings is 2. The van der Waals surface area contributed by atoms with Gasteiger partial charge in [-0.05, 0) is 41.2 Å². The van der Waals surface area contributed by atoms with E-state index in [9.17, 15) is 0 Å². The SMILES string of the molecule is CCc1ccc(CC)c(OCc2ccccc2CCl)c1. The number of halogens is 1. The molecule has 2 aromatic carbocycles. The lowest BCUT2D eigenvalue weighted by Crippen LogP contribution is -2.01. The zero-order valence-corrected chi connectivity index (χ0v) is 12.9. The molecule has 0 N–H and O–H groups in total. The van der Waals surface area contributed by atoms with Gasteiger partial charge < -0.3 is 4.74 Å². The van der Waals surface area contributed by atoms with Gasteiger partial charge in [-0.3, -0.25) is 0 Å². The molecule has 0 aliphatic rings. The maximum absolute atomic E-state index is 6.04. The Labute approximate surface area is 126 Å². The number of hydrogen-bond acceptors (Lipinski definition) is 1. The molecule has 2 heteroatoms. The molecule has 0 aromatic heterocycles. The van der Waals surface area contributed by atoms with E-state index in [4.69, 9.17) is 16.3 Å². The fraction of sp³-hybridized carbons (Fsp3) is 0.333. The van der Waals surface area contributed by atoms with Crippen LogP contribution in [0, 0.1) is 0 Å². The van der Waals surface area contributed by atoms with Crippen LogP contribution in [0.4, 0.5) is 0 Å². The van der Waals surface area contributed by atoms with E-state index < -0.39 is 0 Å². The van der Waals surface area contributed by atoms with Crippen LogP contribution in [0.3, 0.4) is 0 Å². The van der Waals surface area contributed by atoms with Crippen molar-refractivity contribution in [3.05, 3.63) is 64.7 Å². The van der Waals surface area contributed by atoms with Gasteiger partial charge in [-0.2, -0.15) is 0 Å². The smallest absolute Gasteiger partial charge is 0.123 e. The Kier molecular flexibility index (Phi) is 5.49. The summed E-state index contributed by atoms with van der Waals surface area (Å²) in [6, 6.07) is 14.7. The third-order valence-electron chi connectivity index (χ3n) is 3.57. The molecule has 0 spiro atoms. The van der Waals surface area contributed by atoms with Crippen molar-refractivity contribution in [3.8, 4) is 5.75 Å². The summed E-state index contributed by atoms with van der Waals surface area (Å²) >= 11 is 5.96. The minimum atomic E-state index is 0.523. The summed E-state index contributed by atoms with van der Waals surface area (Å²) in [6.07, 6.45) is 2.01. The highest BCUT2D eigenvalue weighted by Crippen LogP contribution is 2.23. The van der Waals surface area contributed by atoms with Crippen LogP contribution >= 0.6 is 11.6 Å². The fourth-order valence-electron chi connectivity index (χ4n) is 2.23. The van der Waals surface area contributed by atoms with E-state index in [1.165, 1.54) is 11.1 Å². The van der Waals surface area contributed by atoms with Gasteiger partial charge in [0.05, 0.1) is 0 Å². The van der Waals surface area contributed by atoms with Crippen LogP contribution in [0.15, 0.2) is 42.5 Å². The van der Waals surface area contributed by atoms with Crippen molar-refractivity contribution in [2.24, 2.45) is 0 Å². The Morgan fingerprint density at radius 3 is 2.30 bits per heavy atom. The standard InChI is InChI=1S/C18H21ClO/c1-3-14-9-10-15(4-2)18(11-14)20-13-17-8-6-5-7-16(17)12-19/h5-11H,3-4,12-13H2,1-2H3. The topological polar surface area (TPSA) is 9.23 Å². The summed E-state index contributed by atoms with van der Waals surface area (Å²) in [5, 5.41) is 0. The second-order valence-corrected chi connectivity index (χ2v) is 5.11. The molecular weight excluding hydrogens is 268 g/mol. The van der Waals surface area contributed by atoms with E-state index in [0.717, 1.165) is 29.7 Å². The van der Waals surface area contributed by atoms with Gasteiger partial charge >= 0.3 is 0 Å². The first-order chi connectivity index (χ1) is 9.78. The van der Waals surface area contributed by atoms with E-state index in [1.54, 1.807) is 0 Å². The quantitative estimate of drug-likeness (QED) is 0.670. The Morgan fingerprint density at radius 2 is 1.65 bits per heavy atom. The van der Waals surface area contributed by atoms with Crippen LogP contribution in [0.2, 0.25) is 0 Å². The summed E-state index contributed by atoms with van der Waals surface area (Å²) in [5.41, 5.74) is 4.86. The highest BCUT2D eigenvalue weighted by Gasteiger charge is 2.06. The monoisotopic (exact) mass is 288 g/mol. The molecule has 20 heavy (non-hydrogen) atoms. The summed E-state index contributed by atoms with van der Waals surface area (Å²) in [6.45, 7) is 4.89. The molecule has 0 heterocycles. The molecule has 0 radical (unpaired) electrons. The molecule has 0 amide bonds. The van der Waals surface area contributed by atoms with Crippen molar-refractivity contribution < 1.29 is 4.74 Å². The third-order valence-corrected chi connectivity index (χ3v) is 3.85. The Hall–Kier alpha value is -1.47. The minimum Gasteiger partial charge on any atom is -0.489 e. The predicted octanol–water partition coefficient (Wildman–Crippen LogP) is 5.13. The lowest BCUT2D eigenvalue weighted by atomic mass is 10.1. The third kappa shape index (κ3) is 3.55. The lowest BCUT2D eigenvalue weighted by molar-refractivity contribution is 0.302. The van der Waals surface area contributed by atoms with Gasteiger partial charge in [0.25, 0.3) is 0 Å². The first-order valence-corrected chi connectivity index (χ1v) is 7.69. The first-order valence-electron chi connectivity index (χ1n) is 7.15. The number of alkyl halides is 1. The van der Waals surface area contributed by atoms with Gasteiger partial charge in [-0.25, -0.2) is 0 Å². The second kappa shape index (κ2) is 7.35. The molecule has 2 rings (SSSR count). The number of ether oxygens (including phenoxy) is 1. The molecule has 0 aliphatic carbocycles. The molecule has 0 atom stereocenters. The van der Waals surface area contributed by atoms with E-state index in [1.807, 2.05) is 12.1 Å². The summed E-state index contributed by atoms with van der Waals surface area (Å²) in [5.74, 6) is 1.52. The lowest BCUT2D eigenvalue weighted by Gasteiger charge is -2.13. The van der Waals surface area contributed by atoms with Gasteiger partial charge in [0, 0.05) is 5.88 Å². The Bertz CT molecular complexity index is 563. The zero-order chi connectivity index (χ0) is 14.4. The molecule has 0 fully saturated rings. The largest absolute Gasteiger partial charge is 0.489 e. The average molecular weight is 289 g/mol. The van der Waals surface area contributed by atoms with Crippen molar-refractivity contribution in [2.75, 3.05) is 0 Å². The van der Waals surface area contributed by atoms with Gasteiger partial charge in [0.15, 0.2) is 0 Å². The van der Waals surface area contributed by atoms with Crippen LogP contribution in [-0.2, 0) is 25.3 Å². The normalized spacial score (nSPS) is 10.6. The van der Waals surface area contributed by atoms with Crippen LogP contribution in [-0.4, -0.2) is 0 Å². The number of hydrogen-bond donors (Lipinski definition) is 0. The van der Waals surface area contributed by atoms with Gasteiger partial charge in [-0.1, -0.05) is 50.2 Å². The van der Waals surface area contributed by atoms with Gasteiger partial charge in [0.1, 0.15) is 12.4 Å². The van der Waals surface area contributed by atoms with E-state index in [0.29, 0.717) is 12.5 Å². The molecule has 2 aromatic rings. The zero-order valence-electron chi connectivity index (χ0n) is 12.2. The second-order valence-electron chi connectivity index (χ2n) is 4.84. The molecule has 0 saturated carbocycles. The highest BCUT2D eigenvalue weighted by atomic mass is 35.5. The predicted molar refractivity (Wildman–Crippen MR) is 85.5 cm³/mol. The summed E-state index contributed by atoms with van der Waals surface area (Å²) in [4.78, 5) is 0. The van der Waals surface area contributed by atoms with Crippen molar-refractivity contribution in [3.63, 3.8) is 0 Å². The number of aryl methyl sites for hydroxylation is 2. The highest BCUT2D eigenvalue weighted by molar-refractivity contribution is 6.17. The van der Waals surface area contributed by atoms with Crippen molar-refractivity contribution in [2.45, 2.75) is 39.2 Å². The molecule has 0 bridgehead atoms. The maximum Gasteiger partial charge on any atom is 0.123 e. The van der Waals surface area contributed by atoms with Crippen LogP contribution in [0.25, 0.3) is 0 Å². The van der Waals surface area contributed by atoms with Crippen LogP contribution in [0.5, 0.6) is 5.75 Å².